The van der Waals surface area contributed by atoms with Gasteiger partial charge in [-0.1, -0.05) is 12.2 Å². The Morgan fingerprint density at radius 2 is 2.00 bits per heavy atom. The average molecular weight is 396 g/mol. The molecule has 27 heavy (non-hydrogen) atoms. The Balaban J connectivity index is 2.03. The molecule has 0 saturated carbocycles. The molecule has 1 N–H and O–H groups in total. The first-order valence-corrected chi connectivity index (χ1v) is 9.91. The summed E-state index contributed by atoms with van der Waals surface area (Å²) in [6.07, 6.45) is 6.09. The number of hydrogen-bond donors (Lipinski definition) is 1. The van der Waals surface area contributed by atoms with Crippen LogP contribution in [0.5, 0.6) is 5.75 Å². The van der Waals surface area contributed by atoms with Gasteiger partial charge in [0.15, 0.2) is 6.61 Å². The van der Waals surface area contributed by atoms with Gasteiger partial charge in [-0.3, -0.25) is 9.59 Å². The molecule has 0 aromatic heterocycles. The van der Waals surface area contributed by atoms with E-state index < -0.39 is 28.5 Å². The Labute approximate surface area is 159 Å². The van der Waals surface area contributed by atoms with Crippen molar-refractivity contribution in [1.82, 2.24) is 4.31 Å². The third-order valence-corrected chi connectivity index (χ3v) is 5.99. The third-order valence-electron chi connectivity index (χ3n) is 4.15. The van der Waals surface area contributed by atoms with Crippen LogP contribution in [0, 0.1) is 5.92 Å². The molecular formula is C18H24N2O6S. The number of carbonyl (C=O) groups is 2. The molecule has 1 aromatic rings. The van der Waals surface area contributed by atoms with E-state index in [4.69, 9.17) is 9.47 Å². The molecule has 0 aliphatic heterocycles. The highest BCUT2D eigenvalue weighted by atomic mass is 32.2. The molecule has 1 aliphatic rings. The first kappa shape index (κ1) is 20.9. The second-order valence-corrected chi connectivity index (χ2v) is 8.41. The minimum atomic E-state index is -3.75. The maximum absolute atomic E-state index is 12.4. The third kappa shape index (κ3) is 5.30. The predicted octanol–water partition coefficient (Wildman–Crippen LogP) is 1.78. The molecule has 0 heterocycles. The Morgan fingerprint density at radius 1 is 1.26 bits per heavy atom. The number of amides is 1. The maximum atomic E-state index is 12.4. The lowest BCUT2D eigenvalue weighted by molar-refractivity contribution is -0.151. The lowest BCUT2D eigenvalue weighted by atomic mass is 9.95. The lowest BCUT2D eigenvalue weighted by Gasteiger charge is -2.17. The lowest BCUT2D eigenvalue weighted by Crippen LogP contribution is -2.26. The summed E-state index contributed by atoms with van der Waals surface area (Å²) in [5.41, 5.74) is 0.262. The molecule has 8 nitrogen and oxygen atoms in total. The van der Waals surface area contributed by atoms with Gasteiger partial charge in [0, 0.05) is 19.8 Å². The fraction of sp³-hybridized carbons (Fsp3) is 0.444. The number of nitrogens with one attached hydrogen (secondary N) is 1. The molecule has 0 radical (unpaired) electrons. The van der Waals surface area contributed by atoms with Gasteiger partial charge in [-0.05, 0) is 37.5 Å². The van der Waals surface area contributed by atoms with Gasteiger partial charge in [0.05, 0.1) is 13.0 Å². The number of benzene rings is 1. The van der Waals surface area contributed by atoms with Crippen LogP contribution in [-0.4, -0.2) is 52.4 Å². The fourth-order valence-corrected chi connectivity index (χ4v) is 3.69. The van der Waals surface area contributed by atoms with Crippen LogP contribution in [0.15, 0.2) is 35.2 Å². The van der Waals surface area contributed by atoms with E-state index in [0.29, 0.717) is 12.8 Å². The quantitative estimate of drug-likeness (QED) is 0.557. The molecule has 0 spiro atoms. The van der Waals surface area contributed by atoms with Crippen molar-refractivity contribution in [3.63, 3.8) is 0 Å². The molecule has 0 saturated heterocycles. The Bertz CT molecular complexity index is 832. The van der Waals surface area contributed by atoms with Gasteiger partial charge in [0.25, 0.3) is 5.91 Å². The number of anilines is 1. The molecule has 2 rings (SSSR count). The first-order chi connectivity index (χ1) is 12.8. The molecule has 1 amide bonds. The monoisotopic (exact) mass is 396 g/mol. The summed E-state index contributed by atoms with van der Waals surface area (Å²) in [7, 11) is 0.416. The number of allylic oxidation sites excluding steroid dienone is 2. The maximum Gasteiger partial charge on any atom is 0.309 e. The topological polar surface area (TPSA) is 102 Å². The van der Waals surface area contributed by atoms with Crippen molar-refractivity contribution in [3.8, 4) is 5.75 Å². The van der Waals surface area contributed by atoms with Crippen LogP contribution >= 0.6 is 0 Å². The zero-order chi connectivity index (χ0) is 20.0. The van der Waals surface area contributed by atoms with Gasteiger partial charge >= 0.3 is 5.97 Å². The number of rotatable bonds is 7. The molecule has 1 aromatic carbocycles. The molecule has 9 heteroatoms. The van der Waals surface area contributed by atoms with E-state index in [1.54, 1.807) is 0 Å². The number of esters is 1. The highest BCUT2D eigenvalue weighted by Gasteiger charge is 2.24. The number of ether oxygens (including phenoxy) is 2. The largest absolute Gasteiger partial charge is 0.495 e. The number of hydrogen-bond acceptors (Lipinski definition) is 6. The van der Waals surface area contributed by atoms with Crippen molar-refractivity contribution in [2.45, 2.75) is 24.2 Å². The molecule has 0 unspecified atom stereocenters. The standard InChI is InChI=1S/C18H24N2O6S/c1-20(2)27(23,24)16-11-14(9-10-15(16)25-3)19-17(21)12-26-18(22)13-7-5-4-6-8-13/h4-5,9-11,13H,6-8,12H2,1-3H3,(H,19,21)/t13-/m0/s1. The van der Waals surface area contributed by atoms with Crippen molar-refractivity contribution >= 4 is 27.6 Å². The van der Waals surface area contributed by atoms with Crippen molar-refractivity contribution in [1.29, 1.82) is 0 Å². The minimum Gasteiger partial charge on any atom is -0.495 e. The SMILES string of the molecule is COc1ccc(NC(=O)COC(=O)[C@H]2CC=CCC2)cc1S(=O)(=O)N(C)C. The molecule has 1 atom stereocenters. The van der Waals surface area contributed by atoms with Gasteiger partial charge in [-0.15, -0.1) is 0 Å². The van der Waals surface area contributed by atoms with Crippen LogP contribution < -0.4 is 10.1 Å². The summed E-state index contributed by atoms with van der Waals surface area (Å²) < 4.78 is 36.0. The van der Waals surface area contributed by atoms with E-state index in [9.17, 15) is 18.0 Å². The Morgan fingerprint density at radius 3 is 2.59 bits per heavy atom. The second-order valence-electron chi connectivity index (χ2n) is 6.29. The van der Waals surface area contributed by atoms with E-state index in [1.807, 2.05) is 12.2 Å². The van der Waals surface area contributed by atoms with Crippen molar-refractivity contribution in [2.24, 2.45) is 5.92 Å². The summed E-state index contributed by atoms with van der Waals surface area (Å²) in [6, 6.07) is 4.27. The average Bonchev–Trinajstić information content (AvgIpc) is 2.66. The highest BCUT2D eigenvalue weighted by molar-refractivity contribution is 7.89. The fourth-order valence-electron chi connectivity index (χ4n) is 2.61. The predicted molar refractivity (Wildman–Crippen MR) is 99.9 cm³/mol. The van der Waals surface area contributed by atoms with Crippen LogP contribution in [-0.2, 0) is 24.3 Å². The number of carbonyl (C=O) groups excluding carboxylic acids is 2. The summed E-state index contributed by atoms with van der Waals surface area (Å²) >= 11 is 0. The van der Waals surface area contributed by atoms with Crippen LogP contribution in [0.2, 0.25) is 0 Å². The van der Waals surface area contributed by atoms with E-state index >= 15 is 0 Å². The van der Waals surface area contributed by atoms with E-state index in [2.05, 4.69) is 5.32 Å². The van der Waals surface area contributed by atoms with E-state index in [1.165, 1.54) is 39.4 Å². The molecule has 1 aliphatic carbocycles. The molecule has 0 fully saturated rings. The summed E-state index contributed by atoms with van der Waals surface area (Å²) in [6.45, 7) is -0.430. The normalized spacial score (nSPS) is 16.8. The number of nitrogens with zero attached hydrogens (tertiary/aromatic N) is 1. The van der Waals surface area contributed by atoms with E-state index in [-0.39, 0.29) is 22.3 Å². The zero-order valence-electron chi connectivity index (χ0n) is 15.6. The van der Waals surface area contributed by atoms with Gasteiger partial charge in [0.2, 0.25) is 10.0 Å². The van der Waals surface area contributed by atoms with Crippen molar-refractivity contribution in [3.05, 3.63) is 30.4 Å². The van der Waals surface area contributed by atoms with E-state index in [0.717, 1.165) is 10.7 Å². The number of methoxy groups -OCH3 is 1. The van der Waals surface area contributed by atoms with Crippen molar-refractivity contribution in [2.75, 3.05) is 33.1 Å². The Hall–Kier alpha value is -2.39. The smallest absolute Gasteiger partial charge is 0.309 e. The summed E-state index contributed by atoms with van der Waals surface area (Å²) in [5, 5.41) is 2.53. The van der Waals surface area contributed by atoms with Gasteiger partial charge in [0.1, 0.15) is 10.6 Å². The van der Waals surface area contributed by atoms with Crippen LogP contribution in [0.3, 0.4) is 0 Å². The van der Waals surface area contributed by atoms with Crippen LogP contribution in [0.4, 0.5) is 5.69 Å². The van der Waals surface area contributed by atoms with Crippen molar-refractivity contribution < 1.29 is 27.5 Å². The molecular weight excluding hydrogens is 372 g/mol. The Kier molecular flexibility index (Phi) is 6.98. The molecule has 0 bridgehead atoms. The van der Waals surface area contributed by atoms with Crippen LogP contribution in [0.25, 0.3) is 0 Å². The second kappa shape index (κ2) is 9.01. The summed E-state index contributed by atoms with van der Waals surface area (Å²) in [5.74, 6) is -1.01. The number of sulfonamides is 1. The minimum absolute atomic E-state index is 0.0706. The van der Waals surface area contributed by atoms with Gasteiger partial charge in [-0.2, -0.15) is 0 Å². The van der Waals surface area contributed by atoms with Crippen LogP contribution in [0.1, 0.15) is 19.3 Å². The van der Waals surface area contributed by atoms with Gasteiger partial charge in [-0.25, -0.2) is 12.7 Å². The zero-order valence-corrected chi connectivity index (χ0v) is 16.4. The summed E-state index contributed by atoms with van der Waals surface area (Å²) in [4.78, 5) is 23.9. The van der Waals surface area contributed by atoms with Gasteiger partial charge < -0.3 is 14.8 Å². The highest BCUT2D eigenvalue weighted by Crippen LogP contribution is 2.28. The first-order valence-electron chi connectivity index (χ1n) is 8.47. The molecule has 148 valence electrons.